The van der Waals surface area contributed by atoms with Crippen LogP contribution in [0.2, 0.25) is 5.82 Å². The molecule has 1 saturated carbocycles. The standard InChI is InChI=1S/C21H32BN3O4/c1-14(26)8-18-5-3-2-4-17(22(28)29-18)10-20(27)21(6-7-21)16-9-15(11-23)19(12-24)25-13-16/h9,13,17-18,26,28H,1-8,10-12,23-24H2/t17-,18-/m1/s1. The maximum Gasteiger partial charge on any atom is 0.458 e. The lowest BCUT2D eigenvalue weighted by Crippen LogP contribution is -2.35. The molecule has 1 aromatic heterocycles. The molecular formula is C21H32BN3O4. The Hall–Kier alpha value is -1.74. The van der Waals surface area contributed by atoms with Crippen molar-refractivity contribution in [2.45, 2.75) is 81.8 Å². The number of carbonyl (C=O) groups is 1. The molecule has 7 nitrogen and oxygen atoms in total. The number of Topliss-reactive ketones (excluding diaryl/α,β-unsaturated/α-hetero) is 1. The van der Waals surface area contributed by atoms with Crippen LogP contribution in [0.4, 0.5) is 0 Å². The van der Waals surface area contributed by atoms with Crippen LogP contribution in [0.25, 0.3) is 0 Å². The molecule has 0 spiro atoms. The van der Waals surface area contributed by atoms with Gasteiger partial charge in [-0.15, -0.1) is 0 Å². The van der Waals surface area contributed by atoms with Gasteiger partial charge in [-0.05, 0) is 30.4 Å². The van der Waals surface area contributed by atoms with E-state index in [9.17, 15) is 14.9 Å². The summed E-state index contributed by atoms with van der Waals surface area (Å²) in [7, 11) is -1.02. The number of aliphatic hydroxyl groups excluding tert-OH is 1. The van der Waals surface area contributed by atoms with Crippen molar-refractivity contribution < 1.29 is 19.6 Å². The molecule has 8 heteroatoms. The number of pyridine rings is 1. The number of hydrogen-bond donors (Lipinski definition) is 4. The number of hydrogen-bond acceptors (Lipinski definition) is 7. The van der Waals surface area contributed by atoms with Gasteiger partial charge in [0.05, 0.1) is 16.9 Å². The van der Waals surface area contributed by atoms with E-state index in [1.54, 1.807) is 6.20 Å². The summed E-state index contributed by atoms with van der Waals surface area (Å²) in [5.41, 5.74) is 13.6. The molecule has 158 valence electrons. The topological polar surface area (TPSA) is 132 Å². The Morgan fingerprint density at radius 3 is 2.62 bits per heavy atom. The fourth-order valence-corrected chi connectivity index (χ4v) is 4.36. The summed E-state index contributed by atoms with van der Waals surface area (Å²) in [5.74, 6) is -0.0736. The van der Waals surface area contributed by atoms with Crippen molar-refractivity contribution in [1.82, 2.24) is 4.98 Å². The van der Waals surface area contributed by atoms with Crippen LogP contribution >= 0.6 is 0 Å². The van der Waals surface area contributed by atoms with E-state index >= 15 is 0 Å². The third kappa shape index (κ3) is 5.06. The van der Waals surface area contributed by atoms with E-state index in [0.717, 1.165) is 55.3 Å². The van der Waals surface area contributed by atoms with E-state index in [1.807, 2.05) is 6.07 Å². The molecule has 1 aliphatic carbocycles. The predicted octanol–water partition coefficient (Wildman–Crippen LogP) is 2.26. The molecule has 1 aliphatic heterocycles. The zero-order valence-corrected chi connectivity index (χ0v) is 17.0. The number of nitrogens with zero attached hydrogens (tertiary/aromatic N) is 1. The zero-order valence-electron chi connectivity index (χ0n) is 17.0. The maximum absolute atomic E-state index is 13.2. The molecule has 2 atom stereocenters. The summed E-state index contributed by atoms with van der Waals surface area (Å²) in [6, 6.07) is 1.97. The Labute approximate surface area is 172 Å². The third-order valence-corrected chi connectivity index (χ3v) is 6.31. The van der Waals surface area contributed by atoms with Crippen molar-refractivity contribution in [2.24, 2.45) is 11.5 Å². The smallest absolute Gasteiger partial charge is 0.458 e. The third-order valence-electron chi connectivity index (χ3n) is 6.31. The van der Waals surface area contributed by atoms with E-state index in [-0.39, 0.29) is 29.9 Å². The van der Waals surface area contributed by atoms with Gasteiger partial charge in [-0.1, -0.05) is 31.9 Å². The van der Waals surface area contributed by atoms with Gasteiger partial charge in [0.2, 0.25) is 0 Å². The monoisotopic (exact) mass is 401 g/mol. The van der Waals surface area contributed by atoms with E-state index in [2.05, 4.69) is 11.6 Å². The Kier molecular flexibility index (Phi) is 7.11. The quantitative estimate of drug-likeness (QED) is 0.388. The maximum atomic E-state index is 13.2. The Morgan fingerprint density at radius 1 is 1.28 bits per heavy atom. The first-order valence-electron chi connectivity index (χ1n) is 10.5. The first kappa shape index (κ1) is 22.0. The summed E-state index contributed by atoms with van der Waals surface area (Å²) in [4.78, 5) is 17.7. The van der Waals surface area contributed by atoms with E-state index < -0.39 is 12.5 Å². The van der Waals surface area contributed by atoms with Crippen molar-refractivity contribution in [3.63, 3.8) is 0 Å². The minimum atomic E-state index is -1.02. The number of aromatic nitrogens is 1. The van der Waals surface area contributed by atoms with Crippen LogP contribution in [0.1, 0.15) is 68.2 Å². The van der Waals surface area contributed by atoms with Crippen LogP contribution < -0.4 is 11.5 Å². The zero-order chi connectivity index (χ0) is 21.0. The van der Waals surface area contributed by atoms with Gasteiger partial charge in [-0.2, -0.15) is 0 Å². The van der Waals surface area contributed by atoms with Crippen LogP contribution in [0.5, 0.6) is 0 Å². The van der Waals surface area contributed by atoms with Gasteiger partial charge in [0.25, 0.3) is 0 Å². The molecule has 29 heavy (non-hydrogen) atoms. The van der Waals surface area contributed by atoms with Gasteiger partial charge in [0, 0.05) is 44.0 Å². The highest BCUT2D eigenvalue weighted by Crippen LogP contribution is 2.51. The normalized spacial score (nSPS) is 23.9. The highest BCUT2D eigenvalue weighted by Gasteiger charge is 2.52. The van der Waals surface area contributed by atoms with Gasteiger partial charge < -0.3 is 26.3 Å². The van der Waals surface area contributed by atoms with E-state index in [4.69, 9.17) is 16.1 Å². The summed E-state index contributed by atoms with van der Waals surface area (Å²) in [6.07, 6.45) is 7.00. The first-order chi connectivity index (χ1) is 13.9. The van der Waals surface area contributed by atoms with Crippen molar-refractivity contribution in [3.8, 4) is 0 Å². The molecule has 0 unspecified atom stereocenters. The van der Waals surface area contributed by atoms with Crippen LogP contribution in [0.15, 0.2) is 24.6 Å². The molecule has 2 fully saturated rings. The second kappa shape index (κ2) is 9.39. The summed E-state index contributed by atoms with van der Waals surface area (Å²) in [6.45, 7) is 4.17. The average Bonchev–Trinajstić information content (AvgIpc) is 3.49. The summed E-state index contributed by atoms with van der Waals surface area (Å²) in [5, 5.41) is 20.0. The highest BCUT2D eigenvalue weighted by molar-refractivity contribution is 6.45. The first-order valence-corrected chi connectivity index (χ1v) is 10.5. The lowest BCUT2D eigenvalue weighted by Gasteiger charge is -2.28. The van der Waals surface area contributed by atoms with E-state index in [1.165, 1.54) is 0 Å². The second-order valence-electron chi connectivity index (χ2n) is 8.41. The largest absolute Gasteiger partial charge is 0.513 e. The van der Waals surface area contributed by atoms with Gasteiger partial charge >= 0.3 is 7.12 Å². The van der Waals surface area contributed by atoms with Crippen molar-refractivity contribution in [2.75, 3.05) is 0 Å². The van der Waals surface area contributed by atoms with E-state index in [0.29, 0.717) is 19.5 Å². The van der Waals surface area contributed by atoms with Crippen LogP contribution in [-0.4, -0.2) is 34.1 Å². The van der Waals surface area contributed by atoms with Crippen LogP contribution in [0, 0.1) is 0 Å². The molecule has 0 radical (unpaired) electrons. The number of nitrogens with two attached hydrogens (primary N) is 2. The molecule has 6 N–H and O–H groups in total. The molecule has 1 aromatic rings. The number of ketones is 1. The molecule has 1 saturated heterocycles. The summed E-state index contributed by atoms with van der Waals surface area (Å²) < 4.78 is 5.76. The number of aliphatic hydroxyl groups is 1. The molecule has 0 amide bonds. The SMILES string of the molecule is C=C(O)C[C@H]1CCCC[C@H](CC(=O)C2(c3cnc(CN)c(CN)c3)CC2)B(O)O1. The fourth-order valence-electron chi connectivity index (χ4n) is 4.36. The molecular weight excluding hydrogens is 369 g/mol. The van der Waals surface area contributed by atoms with Gasteiger partial charge in [0.1, 0.15) is 5.78 Å². The fraction of sp³-hybridized carbons (Fsp3) is 0.619. The second-order valence-corrected chi connectivity index (χ2v) is 8.41. The van der Waals surface area contributed by atoms with Crippen molar-refractivity contribution >= 4 is 12.9 Å². The Balaban J connectivity index is 1.70. The Morgan fingerprint density at radius 2 is 2.00 bits per heavy atom. The molecule has 0 bridgehead atoms. The molecule has 0 aromatic carbocycles. The van der Waals surface area contributed by atoms with Gasteiger partial charge in [-0.25, -0.2) is 0 Å². The van der Waals surface area contributed by atoms with Gasteiger partial charge in [-0.3, -0.25) is 9.78 Å². The van der Waals surface area contributed by atoms with Crippen LogP contribution in [-0.2, 0) is 28.0 Å². The lowest BCUT2D eigenvalue weighted by molar-refractivity contribution is -0.121. The minimum absolute atomic E-state index is 0.0523. The number of carbonyl (C=O) groups excluding carboxylic acids is 1. The molecule has 2 heterocycles. The molecule has 3 rings (SSSR count). The average molecular weight is 401 g/mol. The van der Waals surface area contributed by atoms with Gasteiger partial charge in [0.15, 0.2) is 0 Å². The Bertz CT molecular complexity index is 753. The predicted molar refractivity (Wildman–Crippen MR) is 112 cm³/mol. The lowest BCUT2D eigenvalue weighted by atomic mass is 9.64. The highest BCUT2D eigenvalue weighted by atomic mass is 16.5. The van der Waals surface area contributed by atoms with Crippen LogP contribution in [0.3, 0.4) is 0 Å². The van der Waals surface area contributed by atoms with Crippen molar-refractivity contribution in [1.29, 1.82) is 0 Å². The minimum Gasteiger partial charge on any atom is -0.513 e. The molecule has 2 aliphatic rings. The van der Waals surface area contributed by atoms with Crippen molar-refractivity contribution in [3.05, 3.63) is 41.4 Å². The summed E-state index contributed by atoms with van der Waals surface area (Å²) >= 11 is 0. The number of rotatable bonds is 8.